The fourth-order valence-corrected chi connectivity index (χ4v) is 4.00. The number of benzene rings is 4. The van der Waals surface area contributed by atoms with E-state index in [-0.39, 0.29) is 56.5 Å². The van der Waals surface area contributed by atoms with Gasteiger partial charge in [0.1, 0.15) is 11.5 Å². The van der Waals surface area contributed by atoms with E-state index in [0.29, 0.717) is 11.5 Å². The molecule has 0 saturated carbocycles. The quantitative estimate of drug-likeness (QED) is 0.293. The minimum Gasteiger partial charge on any atom is -0.455 e. The Morgan fingerprint density at radius 2 is 0.853 bits per heavy atom. The van der Waals surface area contributed by atoms with E-state index < -0.39 is 11.6 Å². The van der Waals surface area contributed by atoms with Crippen LogP contribution in [0.2, 0.25) is 0 Å². The molecule has 4 aromatic carbocycles. The molecule has 0 unspecified atom stereocenters. The number of anilines is 4. The van der Waals surface area contributed by atoms with Crippen molar-refractivity contribution in [3.63, 3.8) is 0 Å². The number of carbonyl (C=O) groups is 2. The largest absolute Gasteiger partial charge is 0.455 e. The van der Waals surface area contributed by atoms with Crippen LogP contribution in [0.4, 0.5) is 22.7 Å². The van der Waals surface area contributed by atoms with E-state index >= 15 is 0 Å². The molecular formula is C26H20N4O4. The minimum absolute atomic E-state index is 0.0142. The van der Waals surface area contributed by atoms with Crippen LogP contribution in [0.15, 0.2) is 72.8 Å². The van der Waals surface area contributed by atoms with Crippen LogP contribution in [0.1, 0.15) is 31.8 Å². The number of hydrogen-bond donors (Lipinski definition) is 4. The van der Waals surface area contributed by atoms with Crippen LogP contribution in [-0.2, 0) is 0 Å². The Balaban J connectivity index is 1.64. The molecule has 0 heterocycles. The van der Waals surface area contributed by atoms with Crippen LogP contribution in [0.5, 0.6) is 23.0 Å². The summed E-state index contributed by atoms with van der Waals surface area (Å²) in [5, 5.41) is 0. The van der Waals surface area contributed by atoms with E-state index in [1.807, 2.05) is 12.1 Å². The summed E-state index contributed by atoms with van der Waals surface area (Å²) >= 11 is 0. The zero-order chi connectivity index (χ0) is 24.0. The van der Waals surface area contributed by atoms with E-state index in [9.17, 15) is 9.59 Å². The number of para-hydroxylation sites is 2. The molecule has 1 aliphatic carbocycles. The molecule has 0 fully saturated rings. The van der Waals surface area contributed by atoms with E-state index in [1.54, 1.807) is 48.5 Å². The summed E-state index contributed by atoms with van der Waals surface area (Å²) in [7, 11) is 0. The van der Waals surface area contributed by atoms with Crippen molar-refractivity contribution in [3.8, 4) is 23.0 Å². The molecule has 0 saturated heterocycles. The molecule has 0 amide bonds. The van der Waals surface area contributed by atoms with E-state index in [1.165, 1.54) is 12.1 Å². The van der Waals surface area contributed by atoms with Gasteiger partial charge in [0, 0.05) is 23.5 Å². The number of ketones is 2. The predicted molar refractivity (Wildman–Crippen MR) is 130 cm³/mol. The topological polar surface area (TPSA) is 157 Å². The van der Waals surface area contributed by atoms with Gasteiger partial charge in [-0.15, -0.1) is 0 Å². The maximum atomic E-state index is 13.6. The molecule has 8 nitrogen and oxygen atoms in total. The molecule has 5 rings (SSSR count). The van der Waals surface area contributed by atoms with Gasteiger partial charge in [-0.25, -0.2) is 0 Å². The number of rotatable bonds is 4. The van der Waals surface area contributed by atoms with E-state index in [0.717, 1.165) is 0 Å². The highest BCUT2D eigenvalue weighted by Gasteiger charge is 2.38. The van der Waals surface area contributed by atoms with Crippen molar-refractivity contribution < 1.29 is 19.1 Å². The Morgan fingerprint density at radius 1 is 0.500 bits per heavy atom. The fraction of sp³-hybridized carbons (Fsp3) is 0. The normalized spacial score (nSPS) is 12.1. The molecule has 8 heteroatoms. The number of ether oxygens (including phenoxy) is 2. The molecule has 34 heavy (non-hydrogen) atoms. The van der Waals surface area contributed by atoms with Crippen molar-refractivity contribution in [2.75, 3.05) is 22.9 Å². The average molecular weight is 452 g/mol. The van der Waals surface area contributed by atoms with Gasteiger partial charge in [-0.05, 0) is 24.3 Å². The third-order valence-electron chi connectivity index (χ3n) is 5.57. The summed E-state index contributed by atoms with van der Waals surface area (Å²) in [4.78, 5) is 27.1. The Bertz CT molecular complexity index is 1360. The molecule has 0 aliphatic heterocycles. The van der Waals surface area contributed by atoms with Crippen molar-refractivity contribution in [2.24, 2.45) is 0 Å². The lowest BCUT2D eigenvalue weighted by molar-refractivity contribution is 0.0981. The van der Waals surface area contributed by atoms with Gasteiger partial charge in [0.15, 0.2) is 23.1 Å². The van der Waals surface area contributed by atoms with Gasteiger partial charge in [0.25, 0.3) is 0 Å². The van der Waals surface area contributed by atoms with Crippen molar-refractivity contribution in [2.45, 2.75) is 0 Å². The Kier molecular flexibility index (Phi) is 4.83. The van der Waals surface area contributed by atoms with Gasteiger partial charge < -0.3 is 32.4 Å². The third kappa shape index (κ3) is 3.25. The van der Waals surface area contributed by atoms with Crippen molar-refractivity contribution >= 4 is 34.3 Å². The standard InChI is InChI=1S/C26H20N4O4/c27-15-11-17(33-13-7-3-1-4-8-13)23(29)21-19(15)26(32)22-20(25(21)31)16(28)12-18(24(22)30)34-14-9-5-2-6-10-14/h1-12H,27-30H2. The molecule has 0 bridgehead atoms. The van der Waals surface area contributed by atoms with E-state index in [2.05, 4.69) is 0 Å². The average Bonchev–Trinajstić information content (AvgIpc) is 2.83. The summed E-state index contributed by atoms with van der Waals surface area (Å²) in [6.07, 6.45) is 0. The van der Waals surface area contributed by atoms with Gasteiger partial charge >= 0.3 is 0 Å². The lowest BCUT2D eigenvalue weighted by atomic mass is 9.80. The smallest absolute Gasteiger partial charge is 0.198 e. The summed E-state index contributed by atoms with van der Waals surface area (Å²) in [6, 6.07) is 20.6. The molecule has 8 N–H and O–H groups in total. The second kappa shape index (κ2) is 7.86. The monoisotopic (exact) mass is 452 g/mol. The van der Waals surface area contributed by atoms with Crippen LogP contribution >= 0.6 is 0 Å². The summed E-state index contributed by atoms with van der Waals surface area (Å²) in [6.45, 7) is 0. The first-order valence-corrected chi connectivity index (χ1v) is 10.4. The maximum Gasteiger partial charge on any atom is 0.198 e. The van der Waals surface area contributed by atoms with Crippen LogP contribution in [0.25, 0.3) is 0 Å². The Hall–Kier alpha value is -4.98. The third-order valence-corrected chi connectivity index (χ3v) is 5.57. The summed E-state index contributed by atoms with van der Waals surface area (Å²) in [5.41, 5.74) is 24.9. The number of nitrogens with two attached hydrogens (primary N) is 4. The highest BCUT2D eigenvalue weighted by Crippen LogP contribution is 2.46. The van der Waals surface area contributed by atoms with Crippen LogP contribution in [0.3, 0.4) is 0 Å². The lowest BCUT2D eigenvalue weighted by Crippen LogP contribution is -2.26. The number of carbonyl (C=O) groups excluding carboxylic acids is 2. The van der Waals surface area contributed by atoms with Gasteiger partial charge in [0.05, 0.1) is 33.6 Å². The highest BCUT2D eigenvalue weighted by molar-refractivity contribution is 6.35. The molecular weight excluding hydrogens is 432 g/mol. The van der Waals surface area contributed by atoms with Gasteiger partial charge in [-0.1, -0.05) is 36.4 Å². The summed E-state index contributed by atoms with van der Waals surface area (Å²) < 4.78 is 11.6. The first-order chi connectivity index (χ1) is 16.4. The Morgan fingerprint density at radius 3 is 1.21 bits per heavy atom. The SMILES string of the molecule is Nc1cc(Oc2ccccc2)c(N)c2c1C(=O)c1c(N)c(Oc3ccccc3)cc(N)c1C2=O. The minimum atomic E-state index is -0.567. The fourth-order valence-electron chi connectivity index (χ4n) is 4.00. The Labute approximate surface area is 194 Å². The molecule has 0 aromatic heterocycles. The number of fused-ring (bicyclic) bond motifs is 2. The van der Waals surface area contributed by atoms with Crippen molar-refractivity contribution in [1.82, 2.24) is 0 Å². The van der Waals surface area contributed by atoms with Crippen LogP contribution in [0, 0.1) is 0 Å². The zero-order valence-electron chi connectivity index (χ0n) is 17.9. The highest BCUT2D eigenvalue weighted by atomic mass is 16.5. The molecule has 168 valence electrons. The van der Waals surface area contributed by atoms with Gasteiger partial charge in [0.2, 0.25) is 0 Å². The molecule has 0 spiro atoms. The van der Waals surface area contributed by atoms with Crippen LogP contribution in [-0.4, -0.2) is 11.6 Å². The second-order valence-electron chi connectivity index (χ2n) is 7.74. The number of hydrogen-bond acceptors (Lipinski definition) is 8. The van der Waals surface area contributed by atoms with E-state index in [4.69, 9.17) is 32.4 Å². The molecule has 0 radical (unpaired) electrons. The zero-order valence-corrected chi connectivity index (χ0v) is 17.9. The summed E-state index contributed by atoms with van der Waals surface area (Å²) in [5.74, 6) is 0.167. The first-order valence-electron chi connectivity index (χ1n) is 10.4. The number of nitrogen functional groups attached to an aromatic ring is 4. The molecule has 4 aromatic rings. The lowest BCUT2D eigenvalue weighted by Gasteiger charge is -2.25. The molecule has 1 aliphatic rings. The van der Waals surface area contributed by atoms with Crippen LogP contribution < -0.4 is 32.4 Å². The molecule has 0 atom stereocenters. The first kappa shape index (κ1) is 20.9. The predicted octanol–water partition coefficient (Wildman–Crippen LogP) is 4.38. The second-order valence-corrected chi connectivity index (χ2v) is 7.74. The van der Waals surface area contributed by atoms with Gasteiger partial charge in [-0.2, -0.15) is 0 Å². The van der Waals surface area contributed by atoms with Crippen molar-refractivity contribution in [3.05, 3.63) is 95.1 Å². The van der Waals surface area contributed by atoms with Gasteiger partial charge in [-0.3, -0.25) is 9.59 Å². The maximum absolute atomic E-state index is 13.6. The van der Waals surface area contributed by atoms with Crippen molar-refractivity contribution in [1.29, 1.82) is 0 Å².